The first-order valence-corrected chi connectivity index (χ1v) is 6.94. The Morgan fingerprint density at radius 3 is 2.59 bits per heavy atom. The molecule has 0 aromatic carbocycles. The Bertz CT molecular complexity index is 438. The molecule has 0 aliphatic carbocycles. The Kier molecular flexibility index (Phi) is 10.6. The van der Waals surface area contributed by atoms with Crippen molar-refractivity contribution in [2.45, 2.75) is 6.42 Å². The van der Waals surface area contributed by atoms with E-state index in [9.17, 15) is 4.79 Å². The zero-order chi connectivity index (χ0) is 14.2. The number of ether oxygens (including phenoxy) is 1. The molecule has 1 aromatic heterocycles. The summed E-state index contributed by atoms with van der Waals surface area (Å²) in [5.41, 5.74) is 0. The van der Waals surface area contributed by atoms with Crippen molar-refractivity contribution in [3.8, 4) is 0 Å². The highest BCUT2D eigenvalue weighted by Crippen LogP contribution is 2.12. The van der Waals surface area contributed by atoms with Crippen molar-refractivity contribution in [3.63, 3.8) is 0 Å². The molecule has 0 saturated carbocycles. The molecule has 0 atom stereocenters. The summed E-state index contributed by atoms with van der Waals surface area (Å²) < 4.78 is 4.97. The minimum Gasteiger partial charge on any atom is -0.461 e. The fourth-order valence-corrected chi connectivity index (χ4v) is 2.21. The summed E-state index contributed by atoms with van der Waals surface area (Å²) in [5, 5.41) is 0. The molecule has 0 unspecified atom stereocenters. The molecule has 2 rings (SSSR count). The van der Waals surface area contributed by atoms with Gasteiger partial charge >= 0.3 is 5.97 Å². The maximum absolute atomic E-state index is 11.4. The van der Waals surface area contributed by atoms with Crippen LogP contribution in [0.2, 0.25) is 0 Å². The predicted molar refractivity (Wildman–Crippen MR) is 93.2 cm³/mol. The summed E-state index contributed by atoms with van der Waals surface area (Å²) in [6.45, 7) is 8.36. The SMILES string of the molecule is C=CCOC(=O)CCN1CCN(c2ccccn2)CC1.Cl.Cl. The third-order valence-electron chi connectivity index (χ3n) is 3.34. The van der Waals surface area contributed by atoms with Gasteiger partial charge < -0.3 is 9.64 Å². The average Bonchev–Trinajstić information content (AvgIpc) is 2.52. The van der Waals surface area contributed by atoms with Gasteiger partial charge in [-0.05, 0) is 12.1 Å². The third-order valence-corrected chi connectivity index (χ3v) is 3.34. The van der Waals surface area contributed by atoms with Crippen LogP contribution in [0.3, 0.4) is 0 Å². The van der Waals surface area contributed by atoms with Crippen LogP contribution in [-0.4, -0.2) is 55.2 Å². The first-order valence-electron chi connectivity index (χ1n) is 6.94. The van der Waals surface area contributed by atoms with Gasteiger partial charge in [-0.2, -0.15) is 0 Å². The maximum Gasteiger partial charge on any atom is 0.307 e. The Labute approximate surface area is 144 Å². The summed E-state index contributed by atoms with van der Waals surface area (Å²) in [4.78, 5) is 20.3. The van der Waals surface area contributed by atoms with Gasteiger partial charge in [-0.15, -0.1) is 24.8 Å². The van der Waals surface area contributed by atoms with Crippen LogP contribution in [-0.2, 0) is 9.53 Å². The van der Waals surface area contributed by atoms with E-state index in [-0.39, 0.29) is 30.8 Å². The largest absolute Gasteiger partial charge is 0.461 e. The van der Waals surface area contributed by atoms with Crippen LogP contribution in [0.1, 0.15) is 6.42 Å². The molecule has 0 spiro atoms. The summed E-state index contributed by atoms with van der Waals surface area (Å²) in [6.07, 6.45) is 3.85. The van der Waals surface area contributed by atoms with E-state index < -0.39 is 0 Å². The van der Waals surface area contributed by atoms with Gasteiger partial charge in [0.05, 0.1) is 6.42 Å². The molecule has 1 aliphatic rings. The fourth-order valence-electron chi connectivity index (χ4n) is 2.21. The molecule has 0 amide bonds. The minimum absolute atomic E-state index is 0. The number of piperazine rings is 1. The van der Waals surface area contributed by atoms with Crippen molar-refractivity contribution in [1.29, 1.82) is 0 Å². The van der Waals surface area contributed by atoms with Crippen LogP contribution >= 0.6 is 24.8 Å². The zero-order valence-corrected chi connectivity index (χ0v) is 14.2. The van der Waals surface area contributed by atoms with E-state index in [1.807, 2.05) is 24.4 Å². The van der Waals surface area contributed by atoms with Crippen molar-refractivity contribution in [2.75, 3.05) is 44.2 Å². The Morgan fingerprint density at radius 1 is 1.27 bits per heavy atom. The topological polar surface area (TPSA) is 45.7 Å². The Morgan fingerprint density at radius 2 is 2.00 bits per heavy atom. The molecular weight excluding hydrogens is 325 g/mol. The lowest BCUT2D eigenvalue weighted by Crippen LogP contribution is -2.47. The van der Waals surface area contributed by atoms with Crippen LogP contribution in [0.25, 0.3) is 0 Å². The van der Waals surface area contributed by atoms with E-state index in [0.29, 0.717) is 13.0 Å². The number of rotatable bonds is 6. The highest BCUT2D eigenvalue weighted by molar-refractivity contribution is 5.85. The Hall–Kier alpha value is -1.30. The summed E-state index contributed by atoms with van der Waals surface area (Å²) >= 11 is 0. The second kappa shape index (κ2) is 11.3. The molecule has 1 fully saturated rings. The van der Waals surface area contributed by atoms with E-state index in [0.717, 1.165) is 38.5 Å². The smallest absolute Gasteiger partial charge is 0.307 e. The first-order chi connectivity index (χ1) is 9.79. The lowest BCUT2D eigenvalue weighted by molar-refractivity contribution is -0.142. The minimum atomic E-state index is -0.156. The molecule has 124 valence electrons. The molecule has 0 bridgehead atoms. The van der Waals surface area contributed by atoms with Gasteiger partial charge in [-0.25, -0.2) is 4.98 Å². The first kappa shape index (κ1) is 20.7. The molecule has 1 aliphatic heterocycles. The lowest BCUT2D eigenvalue weighted by atomic mass is 10.3. The molecule has 5 nitrogen and oxygen atoms in total. The molecule has 7 heteroatoms. The van der Waals surface area contributed by atoms with Gasteiger partial charge in [0, 0.05) is 38.9 Å². The molecule has 1 aromatic rings. The monoisotopic (exact) mass is 347 g/mol. The number of esters is 1. The predicted octanol–water partition coefficient (Wildman–Crippen LogP) is 2.17. The average molecular weight is 348 g/mol. The van der Waals surface area contributed by atoms with Crippen LogP contribution < -0.4 is 4.90 Å². The fraction of sp³-hybridized carbons (Fsp3) is 0.467. The van der Waals surface area contributed by atoms with E-state index in [1.54, 1.807) is 6.08 Å². The zero-order valence-electron chi connectivity index (χ0n) is 12.5. The quantitative estimate of drug-likeness (QED) is 0.582. The molecule has 2 heterocycles. The van der Waals surface area contributed by atoms with E-state index >= 15 is 0 Å². The number of carbonyl (C=O) groups excluding carboxylic acids is 1. The number of hydrogen-bond acceptors (Lipinski definition) is 5. The number of carbonyl (C=O) groups is 1. The van der Waals surface area contributed by atoms with E-state index in [2.05, 4.69) is 21.4 Å². The van der Waals surface area contributed by atoms with Crippen molar-refractivity contribution in [1.82, 2.24) is 9.88 Å². The van der Waals surface area contributed by atoms with Gasteiger partial charge in [-0.1, -0.05) is 18.7 Å². The normalized spacial score (nSPS) is 14.5. The Balaban J connectivity index is 0.00000220. The van der Waals surface area contributed by atoms with E-state index in [1.165, 1.54) is 0 Å². The summed E-state index contributed by atoms with van der Waals surface area (Å²) in [7, 11) is 0. The molecular formula is C15H23Cl2N3O2. The van der Waals surface area contributed by atoms with E-state index in [4.69, 9.17) is 4.74 Å². The van der Waals surface area contributed by atoms with Gasteiger partial charge in [0.1, 0.15) is 12.4 Å². The molecule has 0 radical (unpaired) electrons. The van der Waals surface area contributed by atoms with Crippen molar-refractivity contribution in [3.05, 3.63) is 37.1 Å². The highest BCUT2D eigenvalue weighted by Gasteiger charge is 2.18. The number of anilines is 1. The van der Waals surface area contributed by atoms with Crippen LogP contribution in [0.15, 0.2) is 37.1 Å². The van der Waals surface area contributed by atoms with Gasteiger partial charge in [0.25, 0.3) is 0 Å². The number of hydrogen-bond donors (Lipinski definition) is 0. The van der Waals surface area contributed by atoms with Crippen LogP contribution in [0.4, 0.5) is 5.82 Å². The molecule has 1 saturated heterocycles. The number of halogens is 2. The number of pyridine rings is 1. The maximum atomic E-state index is 11.4. The van der Waals surface area contributed by atoms with Crippen molar-refractivity contribution >= 4 is 36.6 Å². The summed E-state index contributed by atoms with van der Waals surface area (Å²) in [5.74, 6) is 0.870. The van der Waals surface area contributed by atoms with Crippen LogP contribution in [0, 0.1) is 0 Å². The van der Waals surface area contributed by atoms with Crippen LogP contribution in [0.5, 0.6) is 0 Å². The van der Waals surface area contributed by atoms with Crippen molar-refractivity contribution in [2.24, 2.45) is 0 Å². The highest BCUT2D eigenvalue weighted by atomic mass is 35.5. The number of nitrogens with zero attached hydrogens (tertiary/aromatic N) is 3. The lowest BCUT2D eigenvalue weighted by Gasteiger charge is -2.35. The third kappa shape index (κ3) is 6.64. The molecule has 0 N–H and O–H groups in total. The molecule has 22 heavy (non-hydrogen) atoms. The van der Waals surface area contributed by atoms with Gasteiger partial charge in [0.2, 0.25) is 0 Å². The second-order valence-electron chi connectivity index (χ2n) is 4.74. The van der Waals surface area contributed by atoms with Gasteiger partial charge in [-0.3, -0.25) is 9.69 Å². The second-order valence-corrected chi connectivity index (χ2v) is 4.74. The standard InChI is InChI=1S/C15H21N3O2.2ClH/c1-2-13-20-15(19)6-8-17-9-11-18(12-10-17)14-5-3-4-7-16-14;;/h2-5,7H,1,6,8-13H2;2*1H. The van der Waals surface area contributed by atoms with Gasteiger partial charge in [0.15, 0.2) is 0 Å². The number of aromatic nitrogens is 1. The van der Waals surface area contributed by atoms with Crippen molar-refractivity contribution < 1.29 is 9.53 Å². The summed E-state index contributed by atoms with van der Waals surface area (Å²) in [6, 6.07) is 5.96.